The van der Waals surface area contributed by atoms with Gasteiger partial charge in [0.15, 0.2) is 0 Å². The molecule has 1 fully saturated rings. The van der Waals surface area contributed by atoms with Crippen LogP contribution in [0.5, 0.6) is 0 Å². The lowest BCUT2D eigenvalue weighted by Crippen LogP contribution is -2.39. The standard InChI is InChI=1S/C20H24FN5/c1-20(2,3)14-7-8-17-24-12-19(25(17)13-14)26(16-11-22-10-15(16)21)18-6-4-5-9-23-18/h4-9,12-13,15-16,22H,10-11H2,1-3H3/t15-,16-/m0/s1. The number of imidazole rings is 1. The lowest BCUT2D eigenvalue weighted by molar-refractivity contribution is 0.329. The Morgan fingerprint density at radius 3 is 2.65 bits per heavy atom. The van der Waals surface area contributed by atoms with E-state index in [0.29, 0.717) is 13.1 Å². The molecule has 4 rings (SSSR count). The molecule has 26 heavy (non-hydrogen) atoms. The predicted molar refractivity (Wildman–Crippen MR) is 102 cm³/mol. The summed E-state index contributed by atoms with van der Waals surface area (Å²) in [5.41, 5.74) is 2.06. The fraction of sp³-hybridized carbons (Fsp3) is 0.400. The molecule has 0 unspecified atom stereocenters. The molecule has 1 saturated heterocycles. The molecule has 3 aromatic rings. The fourth-order valence-electron chi connectivity index (χ4n) is 3.43. The lowest BCUT2D eigenvalue weighted by Gasteiger charge is -2.30. The van der Waals surface area contributed by atoms with Gasteiger partial charge < -0.3 is 10.2 Å². The van der Waals surface area contributed by atoms with Crippen molar-refractivity contribution in [3.05, 3.63) is 54.5 Å². The van der Waals surface area contributed by atoms with E-state index in [1.807, 2.05) is 39.8 Å². The molecule has 0 spiro atoms. The monoisotopic (exact) mass is 353 g/mol. The molecule has 5 nitrogen and oxygen atoms in total. The second-order valence-corrected chi connectivity index (χ2v) is 7.81. The lowest BCUT2D eigenvalue weighted by atomic mass is 9.88. The molecule has 6 heteroatoms. The molecular formula is C20H24FN5. The summed E-state index contributed by atoms with van der Waals surface area (Å²) >= 11 is 0. The number of anilines is 2. The third-order valence-corrected chi connectivity index (χ3v) is 4.94. The number of hydrogen-bond donors (Lipinski definition) is 1. The number of nitrogens with zero attached hydrogens (tertiary/aromatic N) is 4. The van der Waals surface area contributed by atoms with Crippen LogP contribution in [0.25, 0.3) is 5.65 Å². The number of alkyl halides is 1. The number of rotatable bonds is 3. The highest BCUT2D eigenvalue weighted by Gasteiger charge is 2.35. The second kappa shape index (κ2) is 6.36. The topological polar surface area (TPSA) is 45.5 Å². The van der Waals surface area contributed by atoms with Crippen molar-refractivity contribution in [1.82, 2.24) is 19.7 Å². The van der Waals surface area contributed by atoms with Crippen molar-refractivity contribution in [3.8, 4) is 0 Å². The van der Waals surface area contributed by atoms with Crippen LogP contribution in [0.1, 0.15) is 26.3 Å². The summed E-state index contributed by atoms with van der Waals surface area (Å²) < 4.78 is 16.7. The molecule has 1 aliphatic heterocycles. The van der Waals surface area contributed by atoms with Gasteiger partial charge in [-0.1, -0.05) is 32.9 Å². The van der Waals surface area contributed by atoms with E-state index in [1.54, 1.807) is 6.20 Å². The number of fused-ring (bicyclic) bond motifs is 1. The second-order valence-electron chi connectivity index (χ2n) is 7.81. The van der Waals surface area contributed by atoms with Crippen molar-refractivity contribution in [3.63, 3.8) is 0 Å². The minimum absolute atomic E-state index is 0.0170. The van der Waals surface area contributed by atoms with Crippen molar-refractivity contribution >= 4 is 17.3 Å². The van der Waals surface area contributed by atoms with Crippen molar-refractivity contribution < 1.29 is 4.39 Å². The highest BCUT2D eigenvalue weighted by atomic mass is 19.1. The summed E-state index contributed by atoms with van der Waals surface area (Å²) in [4.78, 5) is 11.0. The van der Waals surface area contributed by atoms with Gasteiger partial charge in [0.25, 0.3) is 0 Å². The number of pyridine rings is 2. The highest BCUT2D eigenvalue weighted by Crippen LogP contribution is 2.31. The molecule has 0 aliphatic carbocycles. The maximum atomic E-state index is 14.6. The van der Waals surface area contributed by atoms with E-state index in [0.717, 1.165) is 17.3 Å². The number of aromatic nitrogens is 3. The zero-order valence-electron chi connectivity index (χ0n) is 15.4. The Hall–Kier alpha value is -2.47. The quantitative estimate of drug-likeness (QED) is 0.783. The first-order chi connectivity index (χ1) is 12.4. The SMILES string of the molecule is CC(C)(C)c1ccc2ncc(N(c3ccccn3)[C@H]3CNC[C@@H]3F)n2c1. The normalized spacial score (nSPS) is 20.6. The number of halogens is 1. The smallest absolute Gasteiger partial charge is 0.139 e. The maximum absolute atomic E-state index is 14.6. The van der Waals surface area contributed by atoms with Crippen molar-refractivity contribution in [2.45, 2.75) is 38.4 Å². The summed E-state index contributed by atoms with van der Waals surface area (Å²) in [7, 11) is 0. The van der Waals surface area contributed by atoms with Crippen LogP contribution in [0.2, 0.25) is 0 Å². The summed E-state index contributed by atoms with van der Waals surface area (Å²) in [6, 6.07) is 9.51. The number of hydrogen-bond acceptors (Lipinski definition) is 4. The molecule has 2 atom stereocenters. The van der Waals surface area contributed by atoms with Crippen LogP contribution in [0, 0.1) is 0 Å². The zero-order chi connectivity index (χ0) is 18.3. The van der Waals surface area contributed by atoms with Gasteiger partial charge in [-0.2, -0.15) is 0 Å². The van der Waals surface area contributed by atoms with Crippen molar-refractivity contribution in [2.24, 2.45) is 0 Å². The predicted octanol–water partition coefficient (Wildman–Crippen LogP) is 3.47. The van der Waals surface area contributed by atoms with Crippen molar-refractivity contribution in [1.29, 1.82) is 0 Å². The van der Waals surface area contributed by atoms with Gasteiger partial charge in [0.05, 0.1) is 12.2 Å². The average Bonchev–Trinajstić information content (AvgIpc) is 3.22. The maximum Gasteiger partial charge on any atom is 0.139 e. The first kappa shape index (κ1) is 17.0. The molecule has 0 aromatic carbocycles. The average molecular weight is 353 g/mol. The molecule has 4 heterocycles. The molecule has 0 amide bonds. The molecule has 136 valence electrons. The number of nitrogens with one attached hydrogen (secondary N) is 1. The van der Waals surface area contributed by atoms with E-state index in [2.05, 4.69) is 48.3 Å². The van der Waals surface area contributed by atoms with Gasteiger partial charge in [0, 0.05) is 25.5 Å². The third-order valence-electron chi connectivity index (χ3n) is 4.94. The Morgan fingerprint density at radius 1 is 1.15 bits per heavy atom. The van der Waals surface area contributed by atoms with E-state index < -0.39 is 6.17 Å². The van der Waals surface area contributed by atoms with Crippen LogP contribution in [0.4, 0.5) is 16.0 Å². The van der Waals surface area contributed by atoms with Gasteiger partial charge in [-0.05, 0) is 29.2 Å². The summed E-state index contributed by atoms with van der Waals surface area (Å²) in [6.07, 6.45) is 4.68. The fourth-order valence-corrected chi connectivity index (χ4v) is 3.43. The largest absolute Gasteiger partial charge is 0.312 e. The summed E-state index contributed by atoms with van der Waals surface area (Å²) in [5, 5.41) is 3.14. The molecule has 3 aromatic heterocycles. The van der Waals surface area contributed by atoms with Crippen LogP contribution in [-0.4, -0.2) is 39.7 Å². The molecule has 1 aliphatic rings. The van der Waals surface area contributed by atoms with Crippen LogP contribution in [-0.2, 0) is 5.41 Å². The Kier molecular flexibility index (Phi) is 4.15. The Morgan fingerprint density at radius 2 is 2.00 bits per heavy atom. The first-order valence-electron chi connectivity index (χ1n) is 8.98. The minimum Gasteiger partial charge on any atom is -0.312 e. The van der Waals surface area contributed by atoms with Crippen LogP contribution >= 0.6 is 0 Å². The van der Waals surface area contributed by atoms with E-state index in [-0.39, 0.29) is 11.5 Å². The molecule has 0 saturated carbocycles. The Bertz CT molecular complexity index is 899. The molecule has 0 bridgehead atoms. The van der Waals surface area contributed by atoms with E-state index in [1.165, 1.54) is 5.56 Å². The molecular weight excluding hydrogens is 329 g/mol. The van der Waals surface area contributed by atoms with Gasteiger partial charge in [-0.3, -0.25) is 4.40 Å². The summed E-state index contributed by atoms with van der Waals surface area (Å²) in [5.74, 6) is 1.56. The molecule has 0 radical (unpaired) electrons. The van der Waals surface area contributed by atoms with E-state index >= 15 is 0 Å². The van der Waals surface area contributed by atoms with E-state index in [9.17, 15) is 4.39 Å². The third kappa shape index (κ3) is 2.94. The Balaban J connectivity index is 1.88. The van der Waals surface area contributed by atoms with Gasteiger partial charge >= 0.3 is 0 Å². The highest BCUT2D eigenvalue weighted by molar-refractivity contribution is 5.62. The van der Waals surface area contributed by atoms with Crippen molar-refractivity contribution in [2.75, 3.05) is 18.0 Å². The van der Waals surface area contributed by atoms with Gasteiger partial charge in [-0.15, -0.1) is 0 Å². The molecule has 1 N–H and O–H groups in total. The minimum atomic E-state index is -0.964. The van der Waals surface area contributed by atoms with E-state index in [4.69, 9.17) is 0 Å². The van der Waals surface area contributed by atoms with Crippen LogP contribution < -0.4 is 10.2 Å². The Labute approximate surface area is 152 Å². The zero-order valence-corrected chi connectivity index (χ0v) is 15.4. The van der Waals surface area contributed by atoms with Gasteiger partial charge in [-0.25, -0.2) is 14.4 Å². The van der Waals surface area contributed by atoms with Crippen LogP contribution in [0.3, 0.4) is 0 Å². The summed E-state index contributed by atoms with van der Waals surface area (Å²) in [6.45, 7) is 7.47. The van der Waals surface area contributed by atoms with Gasteiger partial charge in [0.2, 0.25) is 0 Å². The first-order valence-corrected chi connectivity index (χ1v) is 8.98. The van der Waals surface area contributed by atoms with Gasteiger partial charge in [0.1, 0.15) is 23.5 Å². The van der Waals surface area contributed by atoms with Crippen LogP contribution in [0.15, 0.2) is 48.9 Å².